The molecule has 6 N–H and O–H groups in total. The predicted octanol–water partition coefficient (Wildman–Crippen LogP) is 3.32. The maximum absolute atomic E-state index is 12.5. The molecule has 0 spiro atoms. The third kappa shape index (κ3) is 5.28. The van der Waals surface area contributed by atoms with E-state index in [0.29, 0.717) is 22.3 Å². The topological polar surface area (TPSA) is 131 Å². The summed E-state index contributed by atoms with van der Waals surface area (Å²) in [4.78, 5) is 15.3. The van der Waals surface area contributed by atoms with Crippen molar-refractivity contribution in [2.45, 2.75) is 13.3 Å². The third-order valence-corrected chi connectivity index (χ3v) is 3.95. The first-order valence-electron chi connectivity index (χ1n) is 8.54. The van der Waals surface area contributed by atoms with Crippen LogP contribution in [0.4, 0.5) is 18.9 Å². The summed E-state index contributed by atoms with van der Waals surface area (Å²) in [5.74, 6) is -0.980. The lowest BCUT2D eigenvalue weighted by Gasteiger charge is -2.08. The molecule has 0 aliphatic rings. The number of nitrogens with two attached hydrogens (primary N) is 2. The Morgan fingerprint density at radius 1 is 1.07 bits per heavy atom. The second kappa shape index (κ2) is 8.15. The number of anilines is 1. The summed E-state index contributed by atoms with van der Waals surface area (Å²) in [7, 11) is 0. The van der Waals surface area contributed by atoms with Crippen LogP contribution >= 0.6 is 0 Å². The number of nitrogens with one attached hydrogen (secondary N) is 2. The number of carbonyl (C=O) groups excluding carboxylic acids is 1. The van der Waals surface area contributed by atoms with E-state index in [-0.39, 0.29) is 17.4 Å². The number of aromatic amines is 1. The molecule has 0 aliphatic carbocycles. The van der Waals surface area contributed by atoms with E-state index in [0.717, 1.165) is 5.56 Å². The van der Waals surface area contributed by atoms with Crippen LogP contribution in [-0.2, 0) is 0 Å². The summed E-state index contributed by atoms with van der Waals surface area (Å²) in [6.07, 6.45) is -4.79. The highest BCUT2D eigenvalue weighted by Gasteiger charge is 2.31. The van der Waals surface area contributed by atoms with Crippen molar-refractivity contribution < 1.29 is 22.7 Å². The summed E-state index contributed by atoms with van der Waals surface area (Å²) in [5.41, 5.74) is 13.0. The molecule has 1 heterocycles. The molecule has 0 atom stereocenters. The fourth-order valence-electron chi connectivity index (χ4n) is 2.61. The lowest BCUT2D eigenvalue weighted by molar-refractivity contribution is -0.274. The van der Waals surface area contributed by atoms with Crippen molar-refractivity contribution in [2.75, 3.05) is 5.32 Å². The molecule has 0 saturated heterocycles. The van der Waals surface area contributed by atoms with Crippen molar-refractivity contribution in [3.8, 4) is 5.75 Å². The predicted molar refractivity (Wildman–Crippen MR) is 107 cm³/mol. The molecule has 3 aromatic rings. The van der Waals surface area contributed by atoms with Crippen molar-refractivity contribution in [3.05, 3.63) is 59.8 Å². The molecule has 11 heteroatoms. The number of ether oxygens (including phenoxy) is 1. The monoisotopic (exact) mass is 418 g/mol. The van der Waals surface area contributed by atoms with Crippen LogP contribution in [0, 0.1) is 0 Å². The molecule has 0 unspecified atom stereocenters. The molecule has 1 amide bonds. The number of benzene rings is 2. The van der Waals surface area contributed by atoms with Crippen LogP contribution in [0.25, 0.3) is 10.9 Å². The van der Waals surface area contributed by atoms with Crippen LogP contribution < -0.4 is 21.5 Å². The van der Waals surface area contributed by atoms with E-state index >= 15 is 0 Å². The third-order valence-electron chi connectivity index (χ3n) is 3.95. The van der Waals surface area contributed by atoms with E-state index in [1.807, 2.05) is 0 Å². The summed E-state index contributed by atoms with van der Waals surface area (Å²) in [5, 5.41) is 10.5. The van der Waals surface area contributed by atoms with Gasteiger partial charge in [0.15, 0.2) is 0 Å². The first-order chi connectivity index (χ1) is 14.1. The zero-order chi connectivity index (χ0) is 21.9. The number of aromatic nitrogens is 1. The van der Waals surface area contributed by atoms with Gasteiger partial charge in [-0.05, 0) is 48.9 Å². The summed E-state index contributed by atoms with van der Waals surface area (Å²) >= 11 is 0. The van der Waals surface area contributed by atoms with E-state index in [9.17, 15) is 18.0 Å². The number of amides is 1. The molecule has 3 rings (SSSR count). The van der Waals surface area contributed by atoms with Gasteiger partial charge in [0.1, 0.15) is 11.4 Å². The SMILES string of the molecule is C/C(=N\N=C(N)N)c1ccc(NC(=O)c2cc3cc(OC(F)(F)F)ccc3[nH]2)cc1. The van der Waals surface area contributed by atoms with Gasteiger partial charge in [0.05, 0.1) is 5.71 Å². The number of carbonyl (C=O) groups is 1. The average Bonchev–Trinajstić information content (AvgIpc) is 3.09. The number of rotatable bonds is 5. The Bertz CT molecular complexity index is 1130. The minimum absolute atomic E-state index is 0.159. The molecule has 0 saturated carbocycles. The Hall–Kier alpha value is -4.02. The fourth-order valence-corrected chi connectivity index (χ4v) is 2.61. The normalized spacial score (nSPS) is 11.9. The van der Waals surface area contributed by atoms with Gasteiger partial charge in [0.2, 0.25) is 5.96 Å². The second-order valence-electron chi connectivity index (χ2n) is 6.22. The highest BCUT2D eigenvalue weighted by Crippen LogP contribution is 2.27. The van der Waals surface area contributed by atoms with Gasteiger partial charge >= 0.3 is 6.36 Å². The number of nitrogens with zero attached hydrogens (tertiary/aromatic N) is 2. The second-order valence-corrected chi connectivity index (χ2v) is 6.22. The Kier molecular flexibility index (Phi) is 5.63. The number of hydrogen-bond acceptors (Lipinski definition) is 4. The molecule has 0 bridgehead atoms. The van der Waals surface area contributed by atoms with Gasteiger partial charge in [-0.3, -0.25) is 4.79 Å². The van der Waals surface area contributed by atoms with Crippen LogP contribution in [0.1, 0.15) is 23.0 Å². The number of halogens is 3. The maximum atomic E-state index is 12.5. The quantitative estimate of drug-likeness (QED) is 0.288. The number of guanidine groups is 1. The molecule has 0 radical (unpaired) electrons. The molecule has 0 aliphatic heterocycles. The van der Waals surface area contributed by atoms with E-state index < -0.39 is 12.3 Å². The van der Waals surface area contributed by atoms with E-state index in [4.69, 9.17) is 11.5 Å². The van der Waals surface area contributed by atoms with Crippen LogP contribution in [-0.4, -0.2) is 28.9 Å². The smallest absolute Gasteiger partial charge is 0.406 e. The number of fused-ring (bicyclic) bond motifs is 1. The van der Waals surface area contributed by atoms with E-state index in [2.05, 4.69) is 25.2 Å². The Balaban J connectivity index is 1.73. The minimum Gasteiger partial charge on any atom is -0.406 e. The van der Waals surface area contributed by atoms with Crippen LogP contribution in [0.2, 0.25) is 0 Å². The molecule has 2 aromatic carbocycles. The molecule has 30 heavy (non-hydrogen) atoms. The van der Waals surface area contributed by atoms with Gasteiger partial charge in [0.25, 0.3) is 5.91 Å². The Morgan fingerprint density at radius 2 is 1.77 bits per heavy atom. The van der Waals surface area contributed by atoms with Crippen molar-refractivity contribution in [1.29, 1.82) is 0 Å². The van der Waals surface area contributed by atoms with Gasteiger partial charge in [-0.25, -0.2) is 0 Å². The first kappa shape index (κ1) is 20.7. The highest BCUT2D eigenvalue weighted by atomic mass is 19.4. The molecule has 0 fully saturated rings. The Morgan fingerprint density at radius 3 is 2.40 bits per heavy atom. The Labute approximate surface area is 168 Å². The standard InChI is InChI=1S/C19H17F3N6O2/c1-10(27-28-18(23)24)11-2-4-13(5-3-11)25-17(29)16-9-12-8-14(30-19(20,21)22)6-7-15(12)26-16/h2-9,26H,1H3,(H,25,29)(H4,23,24,28)/b27-10+. The van der Waals surface area contributed by atoms with Crippen LogP contribution in [0.15, 0.2) is 58.7 Å². The lowest BCUT2D eigenvalue weighted by Crippen LogP contribution is -2.22. The molecule has 156 valence electrons. The molecule has 8 nitrogen and oxygen atoms in total. The summed E-state index contributed by atoms with van der Waals surface area (Å²) in [6, 6.07) is 12.0. The van der Waals surface area contributed by atoms with Crippen molar-refractivity contribution >= 4 is 34.2 Å². The van der Waals surface area contributed by atoms with Crippen molar-refractivity contribution in [1.82, 2.24) is 4.98 Å². The maximum Gasteiger partial charge on any atom is 0.573 e. The van der Waals surface area contributed by atoms with Crippen LogP contribution in [0.3, 0.4) is 0 Å². The van der Waals surface area contributed by atoms with Crippen molar-refractivity contribution in [2.24, 2.45) is 21.7 Å². The fraction of sp³-hybridized carbons (Fsp3) is 0.105. The van der Waals surface area contributed by atoms with Gasteiger partial charge in [-0.15, -0.1) is 18.3 Å². The van der Waals surface area contributed by atoms with Gasteiger partial charge in [-0.1, -0.05) is 12.1 Å². The highest BCUT2D eigenvalue weighted by molar-refractivity contribution is 6.06. The van der Waals surface area contributed by atoms with E-state index in [1.165, 1.54) is 24.3 Å². The number of H-pyrrole nitrogens is 1. The van der Waals surface area contributed by atoms with Crippen LogP contribution in [0.5, 0.6) is 5.75 Å². The van der Waals surface area contributed by atoms with Gasteiger partial charge < -0.3 is 26.5 Å². The average molecular weight is 418 g/mol. The molecular formula is C19H17F3N6O2. The summed E-state index contributed by atoms with van der Waals surface area (Å²) < 4.78 is 41.0. The molecule has 1 aromatic heterocycles. The zero-order valence-electron chi connectivity index (χ0n) is 15.6. The minimum atomic E-state index is -4.79. The van der Waals surface area contributed by atoms with Crippen molar-refractivity contribution in [3.63, 3.8) is 0 Å². The van der Waals surface area contributed by atoms with E-state index in [1.54, 1.807) is 31.2 Å². The zero-order valence-corrected chi connectivity index (χ0v) is 15.6. The lowest BCUT2D eigenvalue weighted by atomic mass is 10.1. The number of alkyl halides is 3. The summed E-state index contributed by atoms with van der Waals surface area (Å²) in [6.45, 7) is 1.72. The van der Waals surface area contributed by atoms with Gasteiger partial charge in [0, 0.05) is 16.6 Å². The largest absolute Gasteiger partial charge is 0.573 e. The first-order valence-corrected chi connectivity index (χ1v) is 8.54. The number of hydrogen-bond donors (Lipinski definition) is 4. The van der Waals surface area contributed by atoms with Gasteiger partial charge in [-0.2, -0.15) is 5.10 Å². The molecular weight excluding hydrogens is 401 g/mol.